The zero-order valence-corrected chi connectivity index (χ0v) is 17.2. The second-order valence-corrected chi connectivity index (χ2v) is 8.67. The van der Waals surface area contributed by atoms with E-state index in [1.807, 2.05) is 18.3 Å². The van der Waals surface area contributed by atoms with Crippen LogP contribution in [-0.2, 0) is 4.79 Å². The number of hydrogen-bond donors (Lipinski definition) is 3. The molecule has 0 saturated heterocycles. The zero-order chi connectivity index (χ0) is 21.7. The van der Waals surface area contributed by atoms with Crippen LogP contribution in [-0.4, -0.2) is 42.0 Å². The van der Waals surface area contributed by atoms with Crippen molar-refractivity contribution in [3.05, 3.63) is 43.4 Å². The number of carbonyl (C=O) groups is 1. The molecule has 0 aliphatic heterocycles. The molecule has 4 heterocycles. The Hall–Kier alpha value is -3.75. The Morgan fingerprint density at radius 3 is 2.81 bits per heavy atom. The van der Waals surface area contributed by atoms with Gasteiger partial charge >= 0.3 is 5.97 Å². The summed E-state index contributed by atoms with van der Waals surface area (Å²) in [7, 11) is 0. The van der Waals surface area contributed by atoms with Crippen LogP contribution in [0.2, 0.25) is 0 Å². The van der Waals surface area contributed by atoms with Gasteiger partial charge in [0.05, 0.1) is 24.1 Å². The fourth-order valence-electron chi connectivity index (χ4n) is 5.43. The van der Waals surface area contributed by atoms with E-state index in [0.717, 1.165) is 42.2 Å². The van der Waals surface area contributed by atoms with E-state index in [1.54, 1.807) is 18.7 Å². The van der Waals surface area contributed by atoms with Gasteiger partial charge in [-0.2, -0.15) is 0 Å². The summed E-state index contributed by atoms with van der Waals surface area (Å²) in [5, 5.41) is 14.2. The van der Waals surface area contributed by atoms with Gasteiger partial charge in [-0.15, -0.1) is 0 Å². The highest BCUT2D eigenvalue weighted by Crippen LogP contribution is 2.46. The predicted molar refractivity (Wildman–Crippen MR) is 117 cm³/mol. The van der Waals surface area contributed by atoms with Crippen molar-refractivity contribution >= 4 is 22.8 Å². The predicted octanol–water partition coefficient (Wildman–Crippen LogP) is 3.98. The third kappa shape index (κ3) is 3.12. The number of H-pyrrole nitrogens is 1. The number of nitrogens with zero attached hydrogens (tertiary/aromatic N) is 4. The SMILES string of the molecule is O=C(O)[C@@H]1C2CCC(CC2)[C@H]1Nc1cc(-c2ccoc2)nc(-c2c[nH]c3ncncc23)n1. The summed E-state index contributed by atoms with van der Waals surface area (Å²) in [6, 6.07) is 3.56. The number of fused-ring (bicyclic) bond motifs is 4. The van der Waals surface area contributed by atoms with Crippen LogP contribution in [0.3, 0.4) is 0 Å². The molecule has 4 aromatic heterocycles. The molecule has 4 aromatic rings. The van der Waals surface area contributed by atoms with Crippen molar-refractivity contribution in [3.8, 4) is 22.6 Å². The Morgan fingerprint density at radius 2 is 2.03 bits per heavy atom. The van der Waals surface area contributed by atoms with Gasteiger partial charge in [-0.25, -0.2) is 19.9 Å². The van der Waals surface area contributed by atoms with Crippen LogP contribution in [0.25, 0.3) is 33.7 Å². The lowest BCUT2D eigenvalue weighted by atomic mass is 9.61. The van der Waals surface area contributed by atoms with Gasteiger partial charge in [0.25, 0.3) is 0 Å². The Bertz CT molecular complexity index is 1280. The molecule has 3 fully saturated rings. The molecular weight excluding hydrogens is 408 g/mol. The Kier molecular flexibility index (Phi) is 4.41. The number of rotatable bonds is 5. The summed E-state index contributed by atoms with van der Waals surface area (Å²) in [5.74, 6) is 0.546. The van der Waals surface area contributed by atoms with Gasteiger partial charge in [-0.05, 0) is 43.6 Å². The molecule has 0 aromatic carbocycles. The molecular formula is C23H22N6O3. The molecule has 32 heavy (non-hydrogen) atoms. The van der Waals surface area contributed by atoms with Gasteiger partial charge < -0.3 is 19.8 Å². The first kappa shape index (κ1) is 19.0. The maximum Gasteiger partial charge on any atom is 0.308 e. The van der Waals surface area contributed by atoms with Crippen LogP contribution >= 0.6 is 0 Å². The van der Waals surface area contributed by atoms with Crippen molar-refractivity contribution in [2.45, 2.75) is 31.7 Å². The molecule has 9 heteroatoms. The molecule has 9 nitrogen and oxygen atoms in total. The van der Waals surface area contributed by atoms with Crippen molar-refractivity contribution in [2.75, 3.05) is 5.32 Å². The molecule has 3 aliphatic rings. The second-order valence-electron chi connectivity index (χ2n) is 8.67. The highest BCUT2D eigenvalue weighted by Gasteiger charge is 2.47. The topological polar surface area (TPSA) is 130 Å². The number of carboxylic acid groups (broad SMARTS) is 1. The third-order valence-electron chi connectivity index (χ3n) is 6.96. The van der Waals surface area contributed by atoms with Crippen LogP contribution < -0.4 is 5.32 Å². The van der Waals surface area contributed by atoms with E-state index in [4.69, 9.17) is 14.4 Å². The number of nitrogens with one attached hydrogen (secondary N) is 2. The van der Waals surface area contributed by atoms with Crippen molar-refractivity contribution in [1.82, 2.24) is 24.9 Å². The van der Waals surface area contributed by atoms with Crippen molar-refractivity contribution in [2.24, 2.45) is 17.8 Å². The lowest BCUT2D eigenvalue weighted by Gasteiger charge is -2.47. The van der Waals surface area contributed by atoms with Gasteiger partial charge in [0.15, 0.2) is 5.82 Å². The minimum atomic E-state index is -0.727. The molecule has 0 amide bonds. The smallest absolute Gasteiger partial charge is 0.308 e. The molecule has 2 atom stereocenters. The van der Waals surface area contributed by atoms with Crippen LogP contribution in [0, 0.1) is 17.8 Å². The average Bonchev–Trinajstić information content (AvgIpc) is 3.50. The zero-order valence-electron chi connectivity index (χ0n) is 17.2. The van der Waals surface area contributed by atoms with Crippen LogP contribution in [0.1, 0.15) is 25.7 Å². The molecule has 3 saturated carbocycles. The van der Waals surface area contributed by atoms with Crippen LogP contribution in [0.15, 0.2) is 47.8 Å². The van der Waals surface area contributed by atoms with Gasteiger partial charge in [-0.1, -0.05) is 0 Å². The van der Waals surface area contributed by atoms with Crippen LogP contribution in [0.4, 0.5) is 5.82 Å². The van der Waals surface area contributed by atoms with E-state index in [9.17, 15) is 9.90 Å². The van der Waals surface area contributed by atoms with Crippen LogP contribution in [0.5, 0.6) is 0 Å². The molecule has 2 bridgehead atoms. The van der Waals surface area contributed by atoms with E-state index in [2.05, 4.69) is 20.3 Å². The van der Waals surface area contributed by atoms with E-state index < -0.39 is 11.9 Å². The van der Waals surface area contributed by atoms with E-state index in [0.29, 0.717) is 28.9 Å². The normalized spacial score (nSPS) is 24.6. The van der Waals surface area contributed by atoms with Gasteiger partial charge in [0, 0.05) is 41.0 Å². The Morgan fingerprint density at radius 1 is 1.19 bits per heavy atom. The summed E-state index contributed by atoms with van der Waals surface area (Å²) >= 11 is 0. The maximum absolute atomic E-state index is 12.1. The quantitative estimate of drug-likeness (QED) is 0.433. The fraction of sp³-hybridized carbons (Fsp3) is 0.348. The lowest BCUT2D eigenvalue weighted by Crippen LogP contribution is -2.51. The fourth-order valence-corrected chi connectivity index (χ4v) is 5.43. The average molecular weight is 430 g/mol. The summed E-state index contributed by atoms with van der Waals surface area (Å²) < 4.78 is 5.26. The maximum atomic E-state index is 12.1. The number of aromatic amines is 1. The molecule has 7 rings (SSSR count). The molecule has 0 spiro atoms. The van der Waals surface area contributed by atoms with Crippen molar-refractivity contribution in [1.29, 1.82) is 0 Å². The lowest BCUT2D eigenvalue weighted by molar-refractivity contribution is -0.148. The largest absolute Gasteiger partial charge is 0.481 e. The minimum absolute atomic E-state index is 0.147. The van der Waals surface area contributed by atoms with Gasteiger partial charge in [-0.3, -0.25) is 4.79 Å². The summed E-state index contributed by atoms with van der Waals surface area (Å²) in [6.45, 7) is 0. The number of aromatic nitrogens is 5. The van der Waals surface area contributed by atoms with Gasteiger partial charge in [0.1, 0.15) is 17.8 Å². The standard InChI is InChI=1S/C23H22N6O3/c30-23(31)19-12-1-3-13(4-2-12)20(19)28-18-7-17(14-5-6-32-10-14)27-22(29-18)16-9-25-21-15(16)8-24-11-26-21/h5-13,19-20H,1-4H2,(H,30,31)(H,24,25,26)(H,27,28,29)/t12?,13?,19-,20-/m1/s1. The number of aliphatic carboxylic acids is 1. The number of hydrogen-bond acceptors (Lipinski definition) is 7. The first-order chi connectivity index (χ1) is 15.7. The summed E-state index contributed by atoms with van der Waals surface area (Å²) in [6.07, 6.45) is 12.4. The molecule has 0 radical (unpaired) electrons. The number of anilines is 1. The monoisotopic (exact) mass is 430 g/mol. The second kappa shape index (κ2) is 7.44. The molecule has 3 aliphatic carbocycles. The highest BCUT2D eigenvalue weighted by molar-refractivity contribution is 5.91. The first-order valence-corrected chi connectivity index (χ1v) is 10.9. The number of furan rings is 1. The molecule has 3 N–H and O–H groups in total. The van der Waals surface area contributed by atoms with E-state index >= 15 is 0 Å². The Balaban J connectivity index is 1.44. The van der Waals surface area contributed by atoms with E-state index in [-0.39, 0.29) is 12.0 Å². The summed E-state index contributed by atoms with van der Waals surface area (Å²) in [5.41, 5.74) is 3.02. The number of carboxylic acids is 1. The Labute approximate surface area is 183 Å². The van der Waals surface area contributed by atoms with Crippen molar-refractivity contribution < 1.29 is 14.3 Å². The third-order valence-corrected chi connectivity index (χ3v) is 6.96. The molecule has 0 unspecified atom stereocenters. The van der Waals surface area contributed by atoms with E-state index in [1.165, 1.54) is 6.33 Å². The van der Waals surface area contributed by atoms with Crippen molar-refractivity contribution in [3.63, 3.8) is 0 Å². The van der Waals surface area contributed by atoms with Gasteiger partial charge in [0.2, 0.25) is 0 Å². The molecule has 162 valence electrons. The minimum Gasteiger partial charge on any atom is -0.481 e. The highest BCUT2D eigenvalue weighted by atomic mass is 16.4. The summed E-state index contributed by atoms with van der Waals surface area (Å²) in [4.78, 5) is 33.2. The first-order valence-electron chi connectivity index (χ1n) is 10.9.